The number of rotatable bonds is 7. The molecular weight excluding hydrogens is 410 g/mol. The molecule has 164 valence electrons. The van der Waals surface area contributed by atoms with Gasteiger partial charge in [-0.05, 0) is 31.9 Å². The molecule has 1 saturated carbocycles. The average Bonchev–Trinajstić information content (AvgIpc) is 2.98. The number of aryl methyl sites for hydroxylation is 1. The van der Waals surface area contributed by atoms with Crippen LogP contribution in [-0.4, -0.2) is 70.0 Å². The monoisotopic (exact) mass is 443 g/mol. The third kappa shape index (κ3) is 5.79. The van der Waals surface area contributed by atoms with Gasteiger partial charge in [-0.3, -0.25) is 0 Å². The van der Waals surface area contributed by atoms with Crippen LogP contribution in [0.5, 0.6) is 0 Å². The summed E-state index contributed by atoms with van der Waals surface area (Å²) in [5, 5.41) is 3.15. The predicted molar refractivity (Wildman–Crippen MR) is 115 cm³/mol. The van der Waals surface area contributed by atoms with Gasteiger partial charge in [-0.1, -0.05) is 43.4 Å². The van der Waals surface area contributed by atoms with Crippen LogP contribution in [0.2, 0.25) is 0 Å². The zero-order valence-electron chi connectivity index (χ0n) is 17.2. The topological polar surface area (TPSA) is 86.8 Å². The van der Waals surface area contributed by atoms with Crippen molar-refractivity contribution in [2.24, 2.45) is 0 Å². The molecule has 0 bridgehead atoms. The number of piperazine rings is 1. The van der Waals surface area contributed by atoms with E-state index in [0.717, 1.165) is 44.1 Å². The van der Waals surface area contributed by atoms with Crippen LogP contribution in [0.25, 0.3) is 0 Å². The van der Waals surface area contributed by atoms with E-state index in [1.807, 2.05) is 6.92 Å². The van der Waals surface area contributed by atoms with Gasteiger partial charge in [-0.25, -0.2) is 16.8 Å². The molecule has 0 radical (unpaired) electrons. The van der Waals surface area contributed by atoms with E-state index in [0.29, 0.717) is 26.2 Å². The van der Waals surface area contributed by atoms with Gasteiger partial charge in [0, 0.05) is 38.8 Å². The van der Waals surface area contributed by atoms with Gasteiger partial charge in [0.25, 0.3) is 0 Å². The molecule has 3 rings (SSSR count). The van der Waals surface area contributed by atoms with E-state index in [2.05, 4.69) is 5.32 Å². The van der Waals surface area contributed by atoms with Crippen molar-refractivity contribution in [3.8, 4) is 0 Å². The first-order valence-electron chi connectivity index (χ1n) is 10.6. The molecule has 7 nitrogen and oxygen atoms in total. The van der Waals surface area contributed by atoms with Gasteiger partial charge < -0.3 is 5.32 Å². The van der Waals surface area contributed by atoms with Crippen LogP contribution < -0.4 is 5.32 Å². The van der Waals surface area contributed by atoms with E-state index in [1.165, 1.54) is 8.61 Å². The number of hydrogen-bond donors (Lipinski definition) is 1. The van der Waals surface area contributed by atoms with E-state index >= 15 is 0 Å². The van der Waals surface area contributed by atoms with E-state index in [1.54, 1.807) is 24.3 Å². The molecule has 1 N–H and O–H groups in total. The van der Waals surface area contributed by atoms with Crippen LogP contribution >= 0.6 is 0 Å². The third-order valence-corrected chi connectivity index (χ3v) is 9.71. The number of hydrogen-bond acceptors (Lipinski definition) is 5. The fourth-order valence-corrected chi connectivity index (χ4v) is 7.37. The Labute approximate surface area is 175 Å². The second-order valence-electron chi connectivity index (χ2n) is 8.04. The van der Waals surface area contributed by atoms with E-state index in [4.69, 9.17) is 0 Å². The third-order valence-electron chi connectivity index (χ3n) is 5.90. The molecule has 9 heteroatoms. The fraction of sp³-hybridized carbons (Fsp3) is 0.700. The first-order valence-corrected chi connectivity index (χ1v) is 13.6. The molecule has 2 aliphatic rings. The Balaban J connectivity index is 1.83. The quantitative estimate of drug-likeness (QED) is 0.651. The summed E-state index contributed by atoms with van der Waals surface area (Å²) in [4.78, 5) is 0.243. The van der Waals surface area contributed by atoms with Crippen LogP contribution in [0, 0.1) is 6.92 Å². The minimum absolute atomic E-state index is 0.00708. The zero-order valence-corrected chi connectivity index (χ0v) is 18.8. The lowest BCUT2D eigenvalue weighted by atomic mass is 10.1. The Morgan fingerprint density at radius 2 is 1.55 bits per heavy atom. The Hall–Kier alpha value is -1.00. The Morgan fingerprint density at radius 1 is 0.966 bits per heavy atom. The lowest BCUT2D eigenvalue weighted by Crippen LogP contribution is -2.49. The zero-order chi connectivity index (χ0) is 20.9. The summed E-state index contributed by atoms with van der Waals surface area (Å²) in [6.07, 6.45) is 5.75. The van der Waals surface area contributed by atoms with Crippen LogP contribution in [0.3, 0.4) is 0 Å². The summed E-state index contributed by atoms with van der Waals surface area (Å²) in [6, 6.07) is 6.69. The SMILES string of the molecule is Cc1ccc(S(=O)(=O)N(CCS(=O)(=O)N2CCNCC2)C2CCCCCC2)cc1. The highest BCUT2D eigenvalue weighted by Crippen LogP contribution is 2.27. The lowest BCUT2D eigenvalue weighted by molar-refractivity contribution is 0.300. The molecule has 0 aromatic heterocycles. The van der Waals surface area contributed by atoms with Crippen LogP contribution in [0.4, 0.5) is 0 Å². The van der Waals surface area contributed by atoms with Crippen molar-refractivity contribution in [1.82, 2.24) is 13.9 Å². The molecule has 0 amide bonds. The molecule has 1 saturated heterocycles. The van der Waals surface area contributed by atoms with Crippen molar-refractivity contribution >= 4 is 20.0 Å². The Kier molecular flexibility index (Phi) is 7.72. The molecule has 1 heterocycles. The summed E-state index contributed by atoms with van der Waals surface area (Å²) < 4.78 is 55.5. The highest BCUT2D eigenvalue weighted by atomic mass is 32.2. The largest absolute Gasteiger partial charge is 0.314 e. The molecule has 2 fully saturated rings. The summed E-state index contributed by atoms with van der Waals surface area (Å²) in [7, 11) is -7.24. The molecular formula is C20H33N3O4S2. The van der Waals surface area contributed by atoms with Gasteiger partial charge in [0.15, 0.2) is 0 Å². The van der Waals surface area contributed by atoms with Crippen molar-refractivity contribution in [1.29, 1.82) is 0 Å². The molecule has 0 atom stereocenters. The maximum absolute atomic E-state index is 13.5. The predicted octanol–water partition coefficient (Wildman–Crippen LogP) is 1.94. The number of benzene rings is 1. The highest BCUT2D eigenvalue weighted by Gasteiger charge is 2.34. The van der Waals surface area contributed by atoms with Crippen molar-refractivity contribution in [3.05, 3.63) is 29.8 Å². The molecule has 0 spiro atoms. The van der Waals surface area contributed by atoms with Crippen molar-refractivity contribution in [2.75, 3.05) is 38.5 Å². The van der Waals surface area contributed by atoms with Crippen LogP contribution in [-0.2, 0) is 20.0 Å². The number of nitrogens with one attached hydrogen (secondary N) is 1. The van der Waals surface area contributed by atoms with Gasteiger partial charge >= 0.3 is 0 Å². The van der Waals surface area contributed by atoms with Crippen molar-refractivity contribution < 1.29 is 16.8 Å². The second kappa shape index (κ2) is 9.87. The first-order chi connectivity index (χ1) is 13.8. The lowest BCUT2D eigenvalue weighted by Gasteiger charge is -2.32. The summed E-state index contributed by atoms with van der Waals surface area (Å²) in [6.45, 7) is 4.07. The Morgan fingerprint density at radius 3 is 2.14 bits per heavy atom. The van der Waals surface area contributed by atoms with Crippen LogP contribution in [0.1, 0.15) is 44.1 Å². The second-order valence-corrected chi connectivity index (χ2v) is 12.0. The summed E-state index contributed by atoms with van der Waals surface area (Å²) >= 11 is 0. The summed E-state index contributed by atoms with van der Waals surface area (Å²) in [5.41, 5.74) is 0.992. The van der Waals surface area contributed by atoms with Gasteiger partial charge in [0.2, 0.25) is 20.0 Å². The number of sulfonamides is 2. The summed E-state index contributed by atoms with van der Waals surface area (Å²) in [5.74, 6) is -0.172. The van der Waals surface area contributed by atoms with Gasteiger partial charge in [0.05, 0.1) is 10.6 Å². The minimum atomic E-state index is -3.75. The fourth-order valence-electron chi connectivity index (χ4n) is 4.15. The van der Waals surface area contributed by atoms with Crippen molar-refractivity contribution in [2.45, 2.75) is 56.4 Å². The first kappa shape index (κ1) is 22.7. The van der Waals surface area contributed by atoms with Gasteiger partial charge in [-0.15, -0.1) is 0 Å². The van der Waals surface area contributed by atoms with Crippen molar-refractivity contribution in [3.63, 3.8) is 0 Å². The normalized spacial score (nSPS) is 20.6. The van der Waals surface area contributed by atoms with Crippen LogP contribution in [0.15, 0.2) is 29.2 Å². The molecule has 1 aliphatic heterocycles. The maximum atomic E-state index is 13.5. The van der Waals surface area contributed by atoms with E-state index in [-0.39, 0.29) is 23.2 Å². The highest BCUT2D eigenvalue weighted by molar-refractivity contribution is 7.90. The smallest absolute Gasteiger partial charge is 0.243 e. The Bertz CT molecular complexity index is 855. The van der Waals surface area contributed by atoms with Gasteiger partial charge in [0.1, 0.15) is 0 Å². The molecule has 1 aromatic rings. The molecule has 1 aliphatic carbocycles. The number of nitrogens with zero attached hydrogens (tertiary/aromatic N) is 2. The van der Waals surface area contributed by atoms with Gasteiger partial charge in [-0.2, -0.15) is 8.61 Å². The molecule has 29 heavy (non-hydrogen) atoms. The van der Waals surface area contributed by atoms with E-state index in [9.17, 15) is 16.8 Å². The molecule has 1 aromatic carbocycles. The standard InChI is InChI=1S/C20H33N3O4S2/c1-18-8-10-20(11-9-18)29(26,27)23(19-6-4-2-3-5-7-19)16-17-28(24,25)22-14-12-21-13-15-22/h8-11,19,21H,2-7,12-17H2,1H3. The average molecular weight is 444 g/mol. The minimum Gasteiger partial charge on any atom is -0.314 e. The van der Waals surface area contributed by atoms with E-state index < -0.39 is 20.0 Å². The maximum Gasteiger partial charge on any atom is 0.243 e. The molecule has 0 unspecified atom stereocenters.